The molecule has 1 atom stereocenters. The lowest BCUT2D eigenvalue weighted by Crippen LogP contribution is -2.47. The third-order valence-electron chi connectivity index (χ3n) is 4.80. The Bertz CT molecular complexity index is 904. The molecule has 1 N–H and O–H groups in total. The second kappa shape index (κ2) is 8.48. The van der Waals surface area contributed by atoms with Gasteiger partial charge in [0.05, 0.1) is 17.6 Å². The minimum atomic E-state index is -3.65. The van der Waals surface area contributed by atoms with E-state index in [4.69, 9.17) is 14.2 Å². The number of morpholine rings is 1. The Balaban J connectivity index is 1.35. The molecular weight excluding hydrogens is 380 g/mol. The van der Waals surface area contributed by atoms with Gasteiger partial charge >= 0.3 is 0 Å². The first kappa shape index (κ1) is 19.2. The lowest BCUT2D eigenvalue weighted by molar-refractivity contribution is -0.0276. The van der Waals surface area contributed by atoms with Crippen LogP contribution in [0.15, 0.2) is 53.4 Å². The maximum absolute atomic E-state index is 12.7. The number of nitrogens with one attached hydrogen (secondary N) is 1. The van der Waals surface area contributed by atoms with Gasteiger partial charge in [-0.25, -0.2) is 13.1 Å². The van der Waals surface area contributed by atoms with Crippen LogP contribution in [0.1, 0.15) is 5.56 Å². The van der Waals surface area contributed by atoms with Crippen molar-refractivity contribution >= 4 is 10.0 Å². The lowest BCUT2D eigenvalue weighted by atomic mass is 10.2. The standard InChI is InChI=1S/C20H24N2O5S/c23-28(24,18-6-7-19-20(12-18)27-11-10-26-19)21-13-17-15-22(8-9-25-17)14-16-4-2-1-3-5-16/h1-7,12,17,21H,8-11,13-15H2. The summed E-state index contributed by atoms with van der Waals surface area (Å²) in [6, 6.07) is 14.9. The molecule has 0 saturated carbocycles. The first-order valence-corrected chi connectivity index (χ1v) is 10.9. The highest BCUT2D eigenvalue weighted by Crippen LogP contribution is 2.32. The molecule has 0 spiro atoms. The van der Waals surface area contributed by atoms with Crippen molar-refractivity contribution in [3.8, 4) is 11.5 Å². The summed E-state index contributed by atoms with van der Waals surface area (Å²) in [6.07, 6.45) is -0.190. The van der Waals surface area contributed by atoms with Crippen molar-refractivity contribution in [3.05, 3.63) is 54.1 Å². The third kappa shape index (κ3) is 4.64. The Hall–Kier alpha value is -2.13. The van der Waals surface area contributed by atoms with Gasteiger partial charge in [0.2, 0.25) is 10.0 Å². The van der Waals surface area contributed by atoms with E-state index in [-0.39, 0.29) is 17.5 Å². The van der Waals surface area contributed by atoms with E-state index in [2.05, 4.69) is 21.8 Å². The quantitative estimate of drug-likeness (QED) is 0.789. The molecule has 0 aromatic heterocycles. The number of hydrogen-bond acceptors (Lipinski definition) is 6. The minimum absolute atomic E-state index is 0.161. The second-order valence-electron chi connectivity index (χ2n) is 6.87. The average molecular weight is 404 g/mol. The summed E-state index contributed by atoms with van der Waals surface area (Å²) in [5.74, 6) is 1.02. The number of nitrogens with zero attached hydrogens (tertiary/aromatic N) is 1. The van der Waals surface area contributed by atoms with E-state index >= 15 is 0 Å². The minimum Gasteiger partial charge on any atom is -0.486 e. The van der Waals surface area contributed by atoms with Crippen LogP contribution in [0.3, 0.4) is 0 Å². The smallest absolute Gasteiger partial charge is 0.240 e. The van der Waals surface area contributed by atoms with Gasteiger partial charge in [-0.2, -0.15) is 0 Å². The number of benzene rings is 2. The van der Waals surface area contributed by atoms with Crippen molar-refractivity contribution in [2.75, 3.05) is 39.5 Å². The molecule has 7 nitrogen and oxygen atoms in total. The average Bonchev–Trinajstić information content (AvgIpc) is 2.73. The Morgan fingerprint density at radius 2 is 1.79 bits per heavy atom. The molecule has 0 radical (unpaired) electrons. The Labute approximate surface area is 165 Å². The van der Waals surface area contributed by atoms with E-state index < -0.39 is 10.0 Å². The molecule has 2 aliphatic rings. The van der Waals surface area contributed by atoms with Crippen LogP contribution in [-0.2, 0) is 21.3 Å². The summed E-state index contributed by atoms with van der Waals surface area (Å²) in [5, 5.41) is 0. The van der Waals surface area contributed by atoms with E-state index in [0.29, 0.717) is 37.9 Å². The SMILES string of the molecule is O=S(=O)(NCC1CN(Cc2ccccc2)CCO1)c1ccc2c(c1)OCCO2. The summed E-state index contributed by atoms with van der Waals surface area (Å²) in [6.45, 7) is 4.03. The summed E-state index contributed by atoms with van der Waals surface area (Å²) < 4.78 is 44.6. The van der Waals surface area contributed by atoms with E-state index in [9.17, 15) is 8.42 Å². The van der Waals surface area contributed by atoms with Crippen LogP contribution in [0.2, 0.25) is 0 Å². The Kier molecular flexibility index (Phi) is 5.82. The Morgan fingerprint density at radius 1 is 1.00 bits per heavy atom. The Morgan fingerprint density at radius 3 is 2.61 bits per heavy atom. The molecule has 0 bridgehead atoms. The number of fused-ring (bicyclic) bond motifs is 1. The van der Waals surface area contributed by atoms with Crippen molar-refractivity contribution in [2.24, 2.45) is 0 Å². The zero-order valence-electron chi connectivity index (χ0n) is 15.5. The van der Waals surface area contributed by atoms with Crippen molar-refractivity contribution in [1.82, 2.24) is 9.62 Å². The van der Waals surface area contributed by atoms with Crippen LogP contribution in [0, 0.1) is 0 Å². The van der Waals surface area contributed by atoms with Gasteiger partial charge in [0.15, 0.2) is 11.5 Å². The van der Waals surface area contributed by atoms with Gasteiger partial charge in [-0.1, -0.05) is 30.3 Å². The fraction of sp³-hybridized carbons (Fsp3) is 0.400. The molecule has 8 heteroatoms. The van der Waals surface area contributed by atoms with Crippen LogP contribution in [0.4, 0.5) is 0 Å². The molecule has 2 heterocycles. The predicted octanol–water partition coefficient (Wildman–Crippen LogP) is 1.64. The molecule has 0 aliphatic carbocycles. The van der Waals surface area contributed by atoms with Gasteiger partial charge in [0, 0.05) is 32.2 Å². The number of hydrogen-bond donors (Lipinski definition) is 1. The van der Waals surface area contributed by atoms with Crippen molar-refractivity contribution in [1.29, 1.82) is 0 Å². The largest absolute Gasteiger partial charge is 0.486 e. The van der Waals surface area contributed by atoms with Gasteiger partial charge in [-0.05, 0) is 17.7 Å². The molecule has 1 saturated heterocycles. The van der Waals surface area contributed by atoms with Crippen molar-refractivity contribution < 1.29 is 22.6 Å². The topological polar surface area (TPSA) is 77.1 Å². The number of ether oxygens (including phenoxy) is 3. The molecule has 2 aromatic rings. The van der Waals surface area contributed by atoms with E-state index in [1.54, 1.807) is 6.07 Å². The van der Waals surface area contributed by atoms with E-state index in [0.717, 1.165) is 13.1 Å². The molecule has 4 rings (SSSR count). The zero-order valence-corrected chi connectivity index (χ0v) is 16.4. The molecular formula is C20H24N2O5S. The van der Waals surface area contributed by atoms with E-state index in [1.165, 1.54) is 17.7 Å². The summed E-state index contributed by atoms with van der Waals surface area (Å²) in [4.78, 5) is 2.44. The summed E-state index contributed by atoms with van der Waals surface area (Å²) >= 11 is 0. The summed E-state index contributed by atoms with van der Waals surface area (Å²) in [7, 11) is -3.65. The van der Waals surface area contributed by atoms with Crippen LogP contribution < -0.4 is 14.2 Å². The van der Waals surface area contributed by atoms with Gasteiger partial charge < -0.3 is 14.2 Å². The monoisotopic (exact) mass is 404 g/mol. The van der Waals surface area contributed by atoms with Crippen molar-refractivity contribution in [3.63, 3.8) is 0 Å². The molecule has 28 heavy (non-hydrogen) atoms. The van der Waals surface area contributed by atoms with Crippen LogP contribution in [0.25, 0.3) is 0 Å². The fourth-order valence-corrected chi connectivity index (χ4v) is 4.45. The van der Waals surface area contributed by atoms with Crippen LogP contribution >= 0.6 is 0 Å². The first-order valence-electron chi connectivity index (χ1n) is 9.37. The maximum Gasteiger partial charge on any atom is 0.240 e. The molecule has 1 fully saturated rings. The number of sulfonamides is 1. The highest BCUT2D eigenvalue weighted by Gasteiger charge is 2.24. The molecule has 1 unspecified atom stereocenters. The summed E-state index contributed by atoms with van der Waals surface area (Å²) in [5.41, 5.74) is 1.24. The van der Waals surface area contributed by atoms with Crippen molar-refractivity contribution in [2.45, 2.75) is 17.5 Å². The molecule has 2 aromatic carbocycles. The van der Waals surface area contributed by atoms with Crippen LogP contribution in [-0.4, -0.2) is 58.9 Å². The normalized spacial score (nSPS) is 20.1. The predicted molar refractivity (Wildman–Crippen MR) is 104 cm³/mol. The second-order valence-corrected chi connectivity index (χ2v) is 8.64. The van der Waals surface area contributed by atoms with Gasteiger partial charge in [-0.3, -0.25) is 4.90 Å². The molecule has 0 amide bonds. The number of rotatable bonds is 6. The molecule has 150 valence electrons. The maximum atomic E-state index is 12.7. The highest BCUT2D eigenvalue weighted by molar-refractivity contribution is 7.89. The van der Waals surface area contributed by atoms with Gasteiger partial charge in [0.1, 0.15) is 13.2 Å². The van der Waals surface area contributed by atoms with E-state index in [1.807, 2.05) is 18.2 Å². The fourth-order valence-electron chi connectivity index (χ4n) is 3.37. The highest BCUT2D eigenvalue weighted by atomic mass is 32.2. The van der Waals surface area contributed by atoms with Gasteiger partial charge in [-0.15, -0.1) is 0 Å². The van der Waals surface area contributed by atoms with Crippen LogP contribution in [0.5, 0.6) is 11.5 Å². The van der Waals surface area contributed by atoms with Gasteiger partial charge in [0.25, 0.3) is 0 Å². The lowest BCUT2D eigenvalue weighted by Gasteiger charge is -2.33. The molecule has 2 aliphatic heterocycles. The third-order valence-corrected chi connectivity index (χ3v) is 6.22. The zero-order chi connectivity index (χ0) is 19.4. The first-order chi connectivity index (χ1) is 13.6.